The lowest BCUT2D eigenvalue weighted by Gasteiger charge is -2.23. The maximum Gasteiger partial charge on any atom is 0.247 e. The topological polar surface area (TPSA) is 72.1 Å². The average molecular weight is 308 g/mol. The number of aromatic nitrogens is 2. The van der Waals surface area contributed by atoms with E-state index in [4.69, 9.17) is 5.73 Å². The molecule has 1 atom stereocenters. The van der Waals surface area contributed by atoms with E-state index in [2.05, 4.69) is 9.97 Å². The minimum Gasteiger partial charge on any atom is -0.384 e. The van der Waals surface area contributed by atoms with Gasteiger partial charge in [-0.25, -0.2) is 9.97 Å². The van der Waals surface area contributed by atoms with Crippen LogP contribution in [0.1, 0.15) is 36.0 Å². The number of benzene rings is 1. The second-order valence-corrected chi connectivity index (χ2v) is 5.70. The molecule has 2 heterocycles. The quantitative estimate of drug-likeness (QED) is 0.885. The molecule has 0 radical (unpaired) electrons. The summed E-state index contributed by atoms with van der Waals surface area (Å²) in [6.45, 7) is 2.56. The molecule has 1 aliphatic rings. The maximum atomic E-state index is 12.5. The van der Waals surface area contributed by atoms with Gasteiger partial charge in [0.2, 0.25) is 5.91 Å². The largest absolute Gasteiger partial charge is 0.384 e. The first-order valence-corrected chi connectivity index (χ1v) is 7.78. The zero-order valence-corrected chi connectivity index (χ0v) is 13.1. The van der Waals surface area contributed by atoms with E-state index in [-0.39, 0.29) is 11.9 Å². The smallest absolute Gasteiger partial charge is 0.247 e. The van der Waals surface area contributed by atoms with E-state index in [0.29, 0.717) is 11.6 Å². The van der Waals surface area contributed by atoms with Crippen molar-refractivity contribution in [2.75, 3.05) is 12.3 Å². The summed E-state index contributed by atoms with van der Waals surface area (Å²) in [6, 6.07) is 11.6. The van der Waals surface area contributed by atoms with Gasteiger partial charge in [0, 0.05) is 18.7 Å². The van der Waals surface area contributed by atoms with E-state index in [1.807, 2.05) is 48.2 Å². The standard InChI is InChI=1S/C18H20N4O/c1-13-20-15(12-17(19)21-13)16-8-5-11-22(16)18(23)10-9-14-6-3-2-4-7-14/h2-4,6-7,9-10,12,16H,5,8,11H2,1H3,(H2,19,20,21)/b10-9+/t16-/m1/s1. The van der Waals surface area contributed by atoms with Crippen LogP contribution in [0, 0.1) is 6.92 Å². The molecule has 1 aromatic heterocycles. The van der Waals surface area contributed by atoms with Gasteiger partial charge in [0.1, 0.15) is 11.6 Å². The third-order valence-electron chi connectivity index (χ3n) is 3.97. The number of hydrogen-bond acceptors (Lipinski definition) is 4. The predicted octanol–water partition coefficient (Wildman–Crippen LogP) is 2.74. The third-order valence-corrected chi connectivity index (χ3v) is 3.97. The van der Waals surface area contributed by atoms with Gasteiger partial charge in [-0.15, -0.1) is 0 Å². The molecule has 1 aliphatic heterocycles. The van der Waals surface area contributed by atoms with Crippen LogP contribution in [0.5, 0.6) is 0 Å². The van der Waals surface area contributed by atoms with Crippen molar-refractivity contribution in [2.24, 2.45) is 0 Å². The van der Waals surface area contributed by atoms with Crippen molar-refractivity contribution in [1.82, 2.24) is 14.9 Å². The minimum absolute atomic E-state index is 0.00573. The molecule has 1 amide bonds. The molecule has 2 N–H and O–H groups in total. The van der Waals surface area contributed by atoms with Crippen molar-refractivity contribution in [3.8, 4) is 0 Å². The van der Waals surface area contributed by atoms with Crippen LogP contribution in [0.15, 0.2) is 42.5 Å². The summed E-state index contributed by atoms with van der Waals surface area (Å²) in [7, 11) is 0. The summed E-state index contributed by atoms with van der Waals surface area (Å²) in [5, 5.41) is 0. The SMILES string of the molecule is Cc1nc(N)cc([C@H]2CCCN2C(=O)/C=C/c2ccccc2)n1. The van der Waals surface area contributed by atoms with Gasteiger partial charge in [0.05, 0.1) is 11.7 Å². The summed E-state index contributed by atoms with van der Waals surface area (Å²) >= 11 is 0. The Bertz CT molecular complexity index is 707. The van der Waals surface area contributed by atoms with E-state index in [9.17, 15) is 4.79 Å². The Labute approximate surface area is 135 Å². The Balaban J connectivity index is 1.78. The molecular formula is C18H20N4O. The van der Waals surface area contributed by atoms with Crippen molar-refractivity contribution in [3.63, 3.8) is 0 Å². The molecule has 0 aliphatic carbocycles. The van der Waals surface area contributed by atoms with E-state index in [1.165, 1.54) is 0 Å². The number of rotatable bonds is 3. The lowest BCUT2D eigenvalue weighted by molar-refractivity contribution is -0.126. The van der Waals surface area contributed by atoms with Gasteiger partial charge in [-0.3, -0.25) is 4.79 Å². The Morgan fingerprint density at radius 1 is 1.30 bits per heavy atom. The number of anilines is 1. The fourth-order valence-electron chi connectivity index (χ4n) is 2.95. The summed E-state index contributed by atoms with van der Waals surface area (Å²) in [6.07, 6.45) is 5.35. The van der Waals surface area contributed by atoms with Crippen LogP contribution in [-0.4, -0.2) is 27.3 Å². The lowest BCUT2D eigenvalue weighted by atomic mass is 10.1. The van der Waals surface area contributed by atoms with Crippen molar-refractivity contribution >= 4 is 17.8 Å². The molecule has 1 aromatic carbocycles. The Morgan fingerprint density at radius 3 is 2.83 bits per heavy atom. The predicted molar refractivity (Wildman–Crippen MR) is 90.3 cm³/mol. The number of carbonyl (C=O) groups is 1. The number of nitrogens with two attached hydrogens (primary N) is 1. The van der Waals surface area contributed by atoms with Crippen LogP contribution in [0.4, 0.5) is 5.82 Å². The fraction of sp³-hybridized carbons (Fsp3) is 0.278. The van der Waals surface area contributed by atoms with Crippen LogP contribution in [0.3, 0.4) is 0 Å². The third kappa shape index (κ3) is 3.56. The Morgan fingerprint density at radius 2 is 2.09 bits per heavy atom. The number of carbonyl (C=O) groups excluding carboxylic acids is 1. The van der Waals surface area contributed by atoms with Crippen molar-refractivity contribution in [2.45, 2.75) is 25.8 Å². The Kier molecular flexibility index (Phi) is 4.37. The lowest BCUT2D eigenvalue weighted by Crippen LogP contribution is -2.29. The van der Waals surface area contributed by atoms with Crippen molar-refractivity contribution in [1.29, 1.82) is 0 Å². The normalized spacial score (nSPS) is 17.8. The number of amides is 1. The van der Waals surface area contributed by atoms with E-state index in [0.717, 1.165) is 30.6 Å². The van der Waals surface area contributed by atoms with Gasteiger partial charge in [-0.2, -0.15) is 0 Å². The first-order valence-electron chi connectivity index (χ1n) is 7.78. The highest BCUT2D eigenvalue weighted by atomic mass is 16.2. The van der Waals surface area contributed by atoms with Gasteiger partial charge in [-0.05, 0) is 31.4 Å². The molecule has 2 aromatic rings. The minimum atomic E-state index is -0.0214. The fourth-order valence-corrected chi connectivity index (χ4v) is 2.95. The monoisotopic (exact) mass is 308 g/mol. The van der Waals surface area contributed by atoms with Crippen LogP contribution in [0.25, 0.3) is 6.08 Å². The number of nitrogen functional groups attached to an aromatic ring is 1. The number of aryl methyl sites for hydroxylation is 1. The van der Waals surface area contributed by atoms with E-state index >= 15 is 0 Å². The van der Waals surface area contributed by atoms with E-state index in [1.54, 1.807) is 12.1 Å². The Hall–Kier alpha value is -2.69. The van der Waals surface area contributed by atoms with Crippen LogP contribution in [-0.2, 0) is 4.79 Å². The number of nitrogens with zero attached hydrogens (tertiary/aromatic N) is 3. The first kappa shape index (κ1) is 15.2. The first-order chi connectivity index (χ1) is 11.1. The number of hydrogen-bond donors (Lipinski definition) is 1. The highest BCUT2D eigenvalue weighted by molar-refractivity contribution is 5.92. The van der Waals surface area contributed by atoms with Gasteiger partial charge in [-0.1, -0.05) is 30.3 Å². The molecule has 3 rings (SSSR count). The highest BCUT2D eigenvalue weighted by Gasteiger charge is 2.30. The second-order valence-electron chi connectivity index (χ2n) is 5.70. The molecule has 118 valence electrons. The molecule has 5 heteroatoms. The highest BCUT2D eigenvalue weighted by Crippen LogP contribution is 2.31. The molecule has 23 heavy (non-hydrogen) atoms. The molecule has 1 fully saturated rings. The molecule has 1 saturated heterocycles. The zero-order chi connectivity index (χ0) is 16.2. The second kappa shape index (κ2) is 6.60. The summed E-state index contributed by atoms with van der Waals surface area (Å²) in [5.74, 6) is 1.09. The van der Waals surface area contributed by atoms with Crippen molar-refractivity contribution in [3.05, 3.63) is 59.6 Å². The summed E-state index contributed by atoms with van der Waals surface area (Å²) in [5.41, 5.74) is 7.66. The van der Waals surface area contributed by atoms with E-state index < -0.39 is 0 Å². The summed E-state index contributed by atoms with van der Waals surface area (Å²) < 4.78 is 0. The maximum absolute atomic E-state index is 12.5. The zero-order valence-electron chi connectivity index (χ0n) is 13.1. The van der Waals surface area contributed by atoms with Gasteiger partial charge in [0.15, 0.2) is 0 Å². The average Bonchev–Trinajstić information content (AvgIpc) is 3.02. The molecular weight excluding hydrogens is 288 g/mol. The molecule has 0 bridgehead atoms. The van der Waals surface area contributed by atoms with Crippen LogP contribution in [0.2, 0.25) is 0 Å². The number of likely N-dealkylation sites (tertiary alicyclic amines) is 1. The van der Waals surface area contributed by atoms with Crippen LogP contribution >= 0.6 is 0 Å². The molecule has 5 nitrogen and oxygen atoms in total. The molecule has 0 spiro atoms. The molecule has 0 saturated carbocycles. The van der Waals surface area contributed by atoms with Gasteiger partial charge >= 0.3 is 0 Å². The van der Waals surface area contributed by atoms with Gasteiger partial charge in [0.25, 0.3) is 0 Å². The van der Waals surface area contributed by atoms with Crippen LogP contribution < -0.4 is 5.73 Å². The van der Waals surface area contributed by atoms with Gasteiger partial charge < -0.3 is 10.6 Å². The summed E-state index contributed by atoms with van der Waals surface area (Å²) in [4.78, 5) is 23.0. The molecule has 0 unspecified atom stereocenters. The van der Waals surface area contributed by atoms with Crippen molar-refractivity contribution < 1.29 is 4.79 Å².